The molecule has 10 nitrogen and oxygen atoms in total. The molecule has 1 amide bonds. The summed E-state index contributed by atoms with van der Waals surface area (Å²) in [5.41, 5.74) is 1.20. The number of benzene rings is 2. The molecule has 3 rings (SSSR count). The SMILES string of the molecule is COC(=O)C(CC#CCN1CCN(C(=O)OC(C)(C)C)CC1)NS(=O)(=O)c1ccc(-c2ccc(OC)cc2)cc1. The van der Waals surface area contributed by atoms with Gasteiger partial charge in [0.15, 0.2) is 0 Å². The van der Waals surface area contributed by atoms with Crippen LogP contribution in [-0.4, -0.2) is 88.9 Å². The van der Waals surface area contributed by atoms with Crippen molar-refractivity contribution in [2.45, 2.75) is 43.7 Å². The molecule has 2 aromatic carbocycles. The van der Waals surface area contributed by atoms with E-state index < -0.39 is 27.6 Å². The van der Waals surface area contributed by atoms with Crippen LogP contribution < -0.4 is 9.46 Å². The standard InChI is InChI=1S/C29H37N3O7S/c1-29(2,3)39-28(34)32-20-18-31(19-21-32)17-7-6-8-26(27(33)38-5)30-40(35,36)25-15-11-23(12-16-25)22-9-13-24(37-4)14-10-22/h9-16,26,30H,8,17-21H2,1-5H3. The second-order valence-electron chi connectivity index (χ2n) is 10.3. The van der Waals surface area contributed by atoms with E-state index in [-0.39, 0.29) is 17.4 Å². The maximum atomic E-state index is 13.0. The van der Waals surface area contributed by atoms with Crippen molar-refractivity contribution in [1.29, 1.82) is 0 Å². The number of esters is 1. The summed E-state index contributed by atoms with van der Waals surface area (Å²) in [5.74, 6) is 5.89. The summed E-state index contributed by atoms with van der Waals surface area (Å²) in [7, 11) is -1.22. The first kappa shape index (κ1) is 30.9. The van der Waals surface area contributed by atoms with Crippen LogP contribution in [0.5, 0.6) is 5.75 Å². The van der Waals surface area contributed by atoms with Gasteiger partial charge in [-0.1, -0.05) is 36.1 Å². The Labute approximate surface area is 236 Å². The number of hydrogen-bond donors (Lipinski definition) is 1. The van der Waals surface area contributed by atoms with Gasteiger partial charge >= 0.3 is 12.1 Å². The highest BCUT2D eigenvalue weighted by Crippen LogP contribution is 2.24. The number of hydrogen-bond acceptors (Lipinski definition) is 8. The van der Waals surface area contributed by atoms with E-state index in [9.17, 15) is 18.0 Å². The monoisotopic (exact) mass is 571 g/mol. The first-order valence-corrected chi connectivity index (χ1v) is 14.4. The molecular formula is C29H37N3O7S. The van der Waals surface area contributed by atoms with Gasteiger partial charge in [0.2, 0.25) is 10.0 Å². The van der Waals surface area contributed by atoms with Crippen LogP contribution in [0.4, 0.5) is 4.79 Å². The Kier molecular flexibility index (Phi) is 10.6. The highest BCUT2D eigenvalue weighted by molar-refractivity contribution is 7.89. The predicted octanol–water partition coefficient (Wildman–Crippen LogP) is 3.13. The maximum absolute atomic E-state index is 13.0. The first-order chi connectivity index (χ1) is 18.9. The molecule has 0 aliphatic carbocycles. The van der Waals surface area contributed by atoms with Crippen LogP contribution in [-0.2, 0) is 24.3 Å². The fraction of sp³-hybridized carbons (Fsp3) is 0.448. The summed E-state index contributed by atoms with van der Waals surface area (Å²) >= 11 is 0. The van der Waals surface area contributed by atoms with Crippen molar-refractivity contribution in [2.24, 2.45) is 0 Å². The number of nitrogens with zero attached hydrogens (tertiary/aromatic N) is 2. The summed E-state index contributed by atoms with van der Waals surface area (Å²) in [6, 6.07) is 12.6. The van der Waals surface area contributed by atoms with E-state index in [0.29, 0.717) is 32.7 Å². The van der Waals surface area contributed by atoms with E-state index in [2.05, 4.69) is 21.5 Å². The van der Waals surface area contributed by atoms with E-state index in [1.807, 2.05) is 45.0 Å². The maximum Gasteiger partial charge on any atom is 0.410 e. The normalized spacial score (nSPS) is 15.0. The van der Waals surface area contributed by atoms with Crippen LogP contribution in [0.25, 0.3) is 11.1 Å². The molecule has 0 aromatic heterocycles. The number of rotatable bonds is 8. The number of methoxy groups -OCH3 is 2. The van der Waals surface area contributed by atoms with E-state index >= 15 is 0 Å². The minimum absolute atomic E-state index is 0.0227. The van der Waals surface area contributed by atoms with Gasteiger partial charge < -0.3 is 19.1 Å². The zero-order valence-corrected chi connectivity index (χ0v) is 24.4. The fourth-order valence-electron chi connectivity index (χ4n) is 3.94. The van der Waals surface area contributed by atoms with E-state index in [0.717, 1.165) is 16.9 Å². The molecule has 40 heavy (non-hydrogen) atoms. The van der Waals surface area contributed by atoms with E-state index in [1.54, 1.807) is 24.1 Å². The van der Waals surface area contributed by atoms with Gasteiger partial charge in [-0.25, -0.2) is 13.2 Å². The lowest BCUT2D eigenvalue weighted by molar-refractivity contribution is -0.142. The number of amides is 1. The van der Waals surface area contributed by atoms with Gasteiger partial charge in [0.1, 0.15) is 17.4 Å². The first-order valence-electron chi connectivity index (χ1n) is 12.9. The minimum atomic E-state index is -4.01. The second-order valence-corrected chi connectivity index (χ2v) is 12.0. The van der Waals surface area contributed by atoms with Crippen molar-refractivity contribution < 1.29 is 32.2 Å². The summed E-state index contributed by atoms with van der Waals surface area (Å²) in [4.78, 5) is 28.3. The lowest BCUT2D eigenvalue weighted by Gasteiger charge is -2.34. The number of ether oxygens (including phenoxy) is 3. The van der Waals surface area contributed by atoms with Crippen molar-refractivity contribution >= 4 is 22.1 Å². The Morgan fingerprint density at radius 3 is 2.02 bits per heavy atom. The summed E-state index contributed by atoms with van der Waals surface area (Å²) in [6.45, 7) is 8.24. The molecule has 1 N–H and O–H groups in total. The van der Waals surface area contributed by atoms with Gasteiger partial charge in [0, 0.05) is 32.6 Å². The molecule has 1 heterocycles. The van der Waals surface area contributed by atoms with E-state index in [4.69, 9.17) is 14.2 Å². The zero-order valence-electron chi connectivity index (χ0n) is 23.6. The van der Waals surface area contributed by atoms with Crippen molar-refractivity contribution in [3.63, 3.8) is 0 Å². The topological polar surface area (TPSA) is 114 Å². The molecule has 1 fully saturated rings. The van der Waals surface area contributed by atoms with Crippen molar-refractivity contribution in [3.05, 3.63) is 48.5 Å². The van der Waals surface area contributed by atoms with Crippen LogP contribution in [0.2, 0.25) is 0 Å². The molecule has 1 atom stereocenters. The Hall–Kier alpha value is -3.59. The summed E-state index contributed by atoms with van der Waals surface area (Å²) < 4.78 is 43.8. The second kappa shape index (κ2) is 13.7. The highest BCUT2D eigenvalue weighted by Gasteiger charge is 2.27. The van der Waals surface area contributed by atoms with Gasteiger partial charge in [-0.2, -0.15) is 4.72 Å². The third kappa shape index (κ3) is 8.98. The van der Waals surface area contributed by atoms with Crippen LogP contribution in [0, 0.1) is 11.8 Å². The predicted molar refractivity (Wildman–Crippen MR) is 151 cm³/mol. The Bertz CT molecular complexity index is 1320. The lowest BCUT2D eigenvalue weighted by atomic mass is 10.1. The molecule has 1 aliphatic rings. The molecule has 1 aliphatic heterocycles. The van der Waals surface area contributed by atoms with Gasteiger partial charge in [0.25, 0.3) is 0 Å². The van der Waals surface area contributed by atoms with Crippen LogP contribution >= 0.6 is 0 Å². The van der Waals surface area contributed by atoms with Crippen molar-refractivity contribution in [1.82, 2.24) is 14.5 Å². The number of carbonyl (C=O) groups is 2. The molecule has 1 saturated heterocycles. The largest absolute Gasteiger partial charge is 0.497 e. The van der Waals surface area contributed by atoms with Gasteiger partial charge in [-0.05, 0) is 56.2 Å². The molecule has 1 unspecified atom stereocenters. The molecule has 0 saturated carbocycles. The van der Waals surface area contributed by atoms with Crippen LogP contribution in [0.3, 0.4) is 0 Å². The van der Waals surface area contributed by atoms with Crippen LogP contribution in [0.15, 0.2) is 53.4 Å². The van der Waals surface area contributed by atoms with Gasteiger partial charge in [-0.3, -0.25) is 9.69 Å². The molecule has 2 aromatic rings. The lowest BCUT2D eigenvalue weighted by Crippen LogP contribution is -2.50. The van der Waals surface area contributed by atoms with E-state index in [1.165, 1.54) is 19.2 Å². The van der Waals surface area contributed by atoms with Gasteiger partial charge in [0.05, 0.1) is 25.7 Å². The Balaban J connectivity index is 1.56. The molecule has 11 heteroatoms. The Morgan fingerprint density at radius 2 is 1.50 bits per heavy atom. The summed E-state index contributed by atoms with van der Waals surface area (Å²) in [5, 5.41) is 0. The number of nitrogens with one attached hydrogen (secondary N) is 1. The molecular weight excluding hydrogens is 534 g/mol. The minimum Gasteiger partial charge on any atom is -0.497 e. The van der Waals surface area contributed by atoms with Crippen LogP contribution in [0.1, 0.15) is 27.2 Å². The van der Waals surface area contributed by atoms with Crippen molar-refractivity contribution in [2.75, 3.05) is 46.9 Å². The number of piperazine rings is 1. The van der Waals surface area contributed by atoms with Gasteiger partial charge in [-0.15, -0.1) is 0 Å². The highest BCUT2D eigenvalue weighted by atomic mass is 32.2. The average molecular weight is 572 g/mol. The molecule has 0 bridgehead atoms. The number of carbonyl (C=O) groups excluding carboxylic acids is 2. The number of sulfonamides is 1. The average Bonchev–Trinajstić information content (AvgIpc) is 2.93. The molecule has 216 valence electrons. The Morgan fingerprint density at radius 1 is 0.925 bits per heavy atom. The zero-order chi connectivity index (χ0) is 29.3. The van der Waals surface area contributed by atoms with Crippen molar-refractivity contribution in [3.8, 4) is 28.7 Å². The third-order valence-electron chi connectivity index (χ3n) is 6.13. The molecule has 0 spiro atoms. The summed E-state index contributed by atoms with van der Waals surface area (Å²) in [6.07, 6.45) is -0.380. The third-order valence-corrected chi connectivity index (χ3v) is 7.62. The molecule has 0 radical (unpaired) electrons. The quantitative estimate of drug-likeness (QED) is 0.380. The fourth-order valence-corrected chi connectivity index (χ4v) is 5.12. The smallest absolute Gasteiger partial charge is 0.410 e.